The lowest BCUT2D eigenvalue weighted by molar-refractivity contribution is 0.1000. The maximum atomic E-state index is 11.1. The molecule has 25 heavy (non-hydrogen) atoms. The van der Waals surface area contributed by atoms with Crippen LogP contribution in [0.15, 0.2) is 36.5 Å². The molecule has 5 nitrogen and oxygen atoms in total. The van der Waals surface area contributed by atoms with Gasteiger partial charge in [0.15, 0.2) is 0 Å². The fraction of sp³-hybridized carbons (Fsp3) is 0.400. The number of aromatic nitrogens is 1. The summed E-state index contributed by atoms with van der Waals surface area (Å²) in [5.41, 5.74) is 8.28. The Hall–Kier alpha value is -2.40. The number of primary amides is 1. The van der Waals surface area contributed by atoms with Crippen LogP contribution in [0.4, 0.5) is 0 Å². The molecule has 0 saturated carbocycles. The number of hydrogen-bond acceptors (Lipinski definition) is 4. The van der Waals surface area contributed by atoms with Crippen LogP contribution in [0.3, 0.4) is 0 Å². The summed E-state index contributed by atoms with van der Waals surface area (Å²) in [6.45, 7) is 5.55. The van der Waals surface area contributed by atoms with Crippen molar-refractivity contribution in [3.8, 4) is 11.6 Å². The number of amides is 1. The second-order valence-electron chi connectivity index (χ2n) is 6.72. The Labute approximate surface area is 148 Å². The lowest BCUT2D eigenvalue weighted by Crippen LogP contribution is -2.24. The van der Waals surface area contributed by atoms with Crippen LogP contribution >= 0.6 is 0 Å². The van der Waals surface area contributed by atoms with Crippen LogP contribution < -0.4 is 15.8 Å². The van der Waals surface area contributed by atoms with Gasteiger partial charge in [0.25, 0.3) is 0 Å². The predicted octanol–water partition coefficient (Wildman–Crippen LogP) is 3.60. The van der Waals surface area contributed by atoms with Gasteiger partial charge >= 0.3 is 0 Å². The van der Waals surface area contributed by atoms with E-state index in [1.165, 1.54) is 23.7 Å². The fourth-order valence-corrected chi connectivity index (χ4v) is 3.06. The summed E-state index contributed by atoms with van der Waals surface area (Å²) >= 11 is 0. The lowest BCUT2D eigenvalue weighted by Gasteiger charge is -2.17. The molecule has 2 unspecified atom stereocenters. The van der Waals surface area contributed by atoms with Crippen molar-refractivity contribution in [2.45, 2.75) is 39.2 Å². The standard InChI is InChI=1S/C20H25N3O2/c1-3-13(2)11-22-18-8-4-14-10-16(6-7-17(14)18)25-19-9-5-15(12-23-19)20(21)24/h5-7,9-10,12-13,18,22H,3-4,8,11H2,1-2H3,(H2,21,24). The highest BCUT2D eigenvalue weighted by atomic mass is 16.5. The van der Waals surface area contributed by atoms with Crippen molar-refractivity contribution >= 4 is 5.91 Å². The van der Waals surface area contributed by atoms with Gasteiger partial charge in [0.1, 0.15) is 5.75 Å². The molecule has 1 aliphatic carbocycles. The number of pyridine rings is 1. The molecule has 0 bridgehead atoms. The van der Waals surface area contributed by atoms with Crippen molar-refractivity contribution in [2.24, 2.45) is 11.7 Å². The molecular weight excluding hydrogens is 314 g/mol. The van der Waals surface area contributed by atoms with Crippen molar-refractivity contribution in [1.82, 2.24) is 10.3 Å². The number of carbonyl (C=O) groups is 1. The average molecular weight is 339 g/mol. The monoisotopic (exact) mass is 339 g/mol. The van der Waals surface area contributed by atoms with Crippen molar-refractivity contribution in [3.05, 3.63) is 53.2 Å². The first kappa shape index (κ1) is 17.4. The third-order valence-electron chi connectivity index (χ3n) is 4.85. The molecule has 2 aromatic rings. The Bertz CT molecular complexity index is 743. The largest absolute Gasteiger partial charge is 0.439 e. The zero-order chi connectivity index (χ0) is 17.8. The second kappa shape index (κ2) is 7.66. The Morgan fingerprint density at radius 3 is 2.92 bits per heavy atom. The van der Waals surface area contributed by atoms with E-state index in [1.807, 2.05) is 6.07 Å². The number of benzene rings is 1. The zero-order valence-electron chi connectivity index (χ0n) is 14.8. The first-order chi connectivity index (χ1) is 12.1. The van der Waals surface area contributed by atoms with E-state index in [1.54, 1.807) is 12.1 Å². The van der Waals surface area contributed by atoms with E-state index in [0.717, 1.165) is 25.1 Å². The maximum absolute atomic E-state index is 11.1. The zero-order valence-corrected chi connectivity index (χ0v) is 14.8. The van der Waals surface area contributed by atoms with Gasteiger partial charge in [-0.25, -0.2) is 4.98 Å². The Morgan fingerprint density at radius 1 is 1.40 bits per heavy atom. The molecule has 3 rings (SSSR count). The normalized spacial score (nSPS) is 17.1. The fourth-order valence-electron chi connectivity index (χ4n) is 3.06. The van der Waals surface area contributed by atoms with Gasteiger partial charge in [-0.1, -0.05) is 26.3 Å². The molecule has 1 aromatic heterocycles. The topological polar surface area (TPSA) is 77.2 Å². The summed E-state index contributed by atoms with van der Waals surface area (Å²) in [5.74, 6) is 1.42. The number of ether oxygens (including phenoxy) is 1. The molecule has 0 aliphatic heterocycles. The molecule has 1 aliphatic rings. The van der Waals surface area contributed by atoms with E-state index in [0.29, 0.717) is 23.4 Å². The molecule has 132 valence electrons. The Kier molecular flexibility index (Phi) is 5.34. The molecule has 0 radical (unpaired) electrons. The summed E-state index contributed by atoms with van der Waals surface area (Å²) in [7, 11) is 0. The van der Waals surface area contributed by atoms with Crippen LogP contribution in [-0.2, 0) is 6.42 Å². The lowest BCUT2D eigenvalue weighted by atomic mass is 10.1. The number of carbonyl (C=O) groups excluding carboxylic acids is 1. The summed E-state index contributed by atoms with van der Waals surface area (Å²) in [6, 6.07) is 9.92. The van der Waals surface area contributed by atoms with Crippen LogP contribution in [0.2, 0.25) is 0 Å². The summed E-state index contributed by atoms with van der Waals surface area (Å²) in [4.78, 5) is 15.2. The van der Waals surface area contributed by atoms with Crippen molar-refractivity contribution in [2.75, 3.05) is 6.54 Å². The van der Waals surface area contributed by atoms with Gasteiger partial charge in [-0.05, 0) is 54.6 Å². The Morgan fingerprint density at radius 2 is 2.24 bits per heavy atom. The highest BCUT2D eigenvalue weighted by Gasteiger charge is 2.22. The molecule has 5 heteroatoms. The minimum Gasteiger partial charge on any atom is -0.439 e. The summed E-state index contributed by atoms with van der Waals surface area (Å²) < 4.78 is 5.81. The number of nitrogens with zero attached hydrogens (tertiary/aromatic N) is 1. The molecule has 0 fully saturated rings. The van der Waals surface area contributed by atoms with E-state index in [4.69, 9.17) is 10.5 Å². The van der Waals surface area contributed by atoms with Crippen LogP contribution in [0.5, 0.6) is 11.6 Å². The number of nitrogens with two attached hydrogens (primary N) is 1. The Balaban J connectivity index is 1.66. The smallest absolute Gasteiger partial charge is 0.250 e. The van der Waals surface area contributed by atoms with Crippen LogP contribution in [0.1, 0.15) is 54.2 Å². The first-order valence-corrected chi connectivity index (χ1v) is 8.86. The average Bonchev–Trinajstić information content (AvgIpc) is 3.02. The second-order valence-corrected chi connectivity index (χ2v) is 6.72. The highest BCUT2D eigenvalue weighted by molar-refractivity contribution is 5.92. The minimum absolute atomic E-state index is 0.372. The third-order valence-corrected chi connectivity index (χ3v) is 4.85. The molecule has 0 saturated heterocycles. The van der Waals surface area contributed by atoms with Crippen LogP contribution in [0, 0.1) is 5.92 Å². The van der Waals surface area contributed by atoms with Crippen molar-refractivity contribution in [3.63, 3.8) is 0 Å². The summed E-state index contributed by atoms with van der Waals surface area (Å²) in [5, 5.41) is 3.68. The van der Waals surface area contributed by atoms with Gasteiger partial charge in [-0.2, -0.15) is 0 Å². The van der Waals surface area contributed by atoms with Gasteiger partial charge in [-0.3, -0.25) is 4.79 Å². The quantitative estimate of drug-likeness (QED) is 0.808. The summed E-state index contributed by atoms with van der Waals surface area (Å²) in [6.07, 6.45) is 4.81. The van der Waals surface area contributed by atoms with Gasteiger partial charge in [0.05, 0.1) is 5.56 Å². The molecule has 1 aromatic carbocycles. The van der Waals surface area contributed by atoms with E-state index in [2.05, 4.69) is 36.3 Å². The van der Waals surface area contributed by atoms with Gasteiger partial charge in [-0.15, -0.1) is 0 Å². The number of aryl methyl sites for hydroxylation is 1. The first-order valence-electron chi connectivity index (χ1n) is 8.86. The molecule has 1 amide bonds. The third kappa shape index (κ3) is 4.17. The minimum atomic E-state index is -0.493. The SMILES string of the molecule is CCC(C)CNC1CCc2cc(Oc3ccc(C(N)=O)cn3)ccc21. The highest BCUT2D eigenvalue weighted by Crippen LogP contribution is 2.34. The van der Waals surface area contributed by atoms with Crippen LogP contribution in [0.25, 0.3) is 0 Å². The van der Waals surface area contributed by atoms with E-state index >= 15 is 0 Å². The van der Waals surface area contributed by atoms with Crippen molar-refractivity contribution in [1.29, 1.82) is 0 Å². The van der Waals surface area contributed by atoms with Gasteiger partial charge in [0.2, 0.25) is 11.8 Å². The molecular formula is C20H25N3O2. The molecule has 2 atom stereocenters. The maximum Gasteiger partial charge on any atom is 0.250 e. The molecule has 0 spiro atoms. The van der Waals surface area contributed by atoms with Crippen LogP contribution in [-0.4, -0.2) is 17.4 Å². The number of fused-ring (bicyclic) bond motifs is 1. The number of nitrogens with one attached hydrogen (secondary N) is 1. The van der Waals surface area contributed by atoms with Crippen molar-refractivity contribution < 1.29 is 9.53 Å². The van der Waals surface area contributed by atoms with E-state index < -0.39 is 5.91 Å². The predicted molar refractivity (Wildman–Crippen MR) is 97.8 cm³/mol. The molecule has 1 heterocycles. The molecule has 3 N–H and O–H groups in total. The van der Waals surface area contributed by atoms with Gasteiger partial charge < -0.3 is 15.8 Å². The number of hydrogen-bond donors (Lipinski definition) is 2. The number of rotatable bonds is 7. The van der Waals surface area contributed by atoms with Gasteiger partial charge in [0, 0.05) is 18.3 Å². The van der Waals surface area contributed by atoms with E-state index in [9.17, 15) is 4.79 Å². The van der Waals surface area contributed by atoms with E-state index in [-0.39, 0.29) is 0 Å².